The second-order valence-corrected chi connectivity index (χ2v) is 8.26. The van der Waals surface area contributed by atoms with Crippen molar-refractivity contribution in [1.82, 2.24) is 19.8 Å². The van der Waals surface area contributed by atoms with E-state index in [0.29, 0.717) is 34.3 Å². The number of nitrogen functional groups attached to an aromatic ring is 1. The topological polar surface area (TPSA) is 77.0 Å². The monoisotopic (exact) mass is 389 g/mol. The molecule has 2 atom stereocenters. The summed E-state index contributed by atoms with van der Waals surface area (Å²) in [6.07, 6.45) is 7.23. The summed E-state index contributed by atoms with van der Waals surface area (Å²) in [5, 5.41) is 8.68. The van der Waals surface area contributed by atoms with Crippen molar-refractivity contribution < 1.29 is 9.18 Å². The fourth-order valence-corrected chi connectivity index (χ4v) is 5.06. The van der Waals surface area contributed by atoms with E-state index in [2.05, 4.69) is 15.1 Å². The van der Waals surface area contributed by atoms with Crippen LogP contribution in [0.25, 0.3) is 11.4 Å². The van der Waals surface area contributed by atoms with E-state index in [1.54, 1.807) is 12.1 Å². The summed E-state index contributed by atoms with van der Waals surface area (Å²) in [7, 11) is 0. The number of thioether (sulfide) groups is 1. The highest BCUT2D eigenvalue weighted by Gasteiger charge is 2.35. The van der Waals surface area contributed by atoms with Crippen LogP contribution in [0.15, 0.2) is 29.4 Å². The van der Waals surface area contributed by atoms with Crippen LogP contribution in [0, 0.1) is 11.7 Å². The van der Waals surface area contributed by atoms with Crippen LogP contribution in [0.4, 0.5) is 4.39 Å². The molecule has 1 saturated carbocycles. The molecular formula is C19H24FN5OS. The summed E-state index contributed by atoms with van der Waals surface area (Å²) < 4.78 is 14.5. The summed E-state index contributed by atoms with van der Waals surface area (Å²) in [6.45, 7) is 0.858. The molecule has 6 nitrogen and oxygen atoms in total. The smallest absolute Gasteiger partial charge is 0.233 e. The molecule has 1 saturated heterocycles. The molecule has 4 rings (SSSR count). The minimum atomic E-state index is -0.315. The summed E-state index contributed by atoms with van der Waals surface area (Å²) in [6, 6.07) is 6.35. The van der Waals surface area contributed by atoms with Gasteiger partial charge in [0.1, 0.15) is 5.82 Å². The third-order valence-electron chi connectivity index (χ3n) is 5.66. The van der Waals surface area contributed by atoms with Crippen LogP contribution in [-0.4, -0.2) is 44.0 Å². The van der Waals surface area contributed by atoms with Crippen LogP contribution in [0.5, 0.6) is 0 Å². The number of rotatable bonds is 4. The van der Waals surface area contributed by atoms with Gasteiger partial charge in [0.2, 0.25) is 11.1 Å². The Morgan fingerprint density at radius 2 is 1.89 bits per heavy atom. The van der Waals surface area contributed by atoms with Crippen molar-refractivity contribution in [3.8, 4) is 11.4 Å². The minimum absolute atomic E-state index is 0.155. The number of likely N-dealkylation sites (tertiary alicyclic amines) is 1. The maximum Gasteiger partial charge on any atom is 0.233 e. The van der Waals surface area contributed by atoms with E-state index < -0.39 is 0 Å². The number of hydrogen-bond acceptors (Lipinski definition) is 5. The molecule has 0 radical (unpaired) electrons. The van der Waals surface area contributed by atoms with Crippen molar-refractivity contribution in [1.29, 1.82) is 0 Å². The van der Waals surface area contributed by atoms with E-state index in [-0.39, 0.29) is 11.7 Å². The van der Waals surface area contributed by atoms with Gasteiger partial charge >= 0.3 is 0 Å². The van der Waals surface area contributed by atoms with E-state index in [0.717, 1.165) is 19.4 Å². The van der Waals surface area contributed by atoms with Gasteiger partial charge in [-0.3, -0.25) is 4.79 Å². The SMILES string of the molecule is Nn1c(SCC(=O)N2CCC[C@@H]3CCCC[C@@H]32)nnc1-c1ccc(F)cc1. The number of benzene rings is 1. The molecule has 1 amide bonds. The zero-order valence-electron chi connectivity index (χ0n) is 15.2. The van der Waals surface area contributed by atoms with Crippen molar-refractivity contribution in [3.05, 3.63) is 30.1 Å². The van der Waals surface area contributed by atoms with Gasteiger partial charge in [-0.1, -0.05) is 24.6 Å². The van der Waals surface area contributed by atoms with E-state index in [1.165, 1.54) is 54.3 Å². The van der Waals surface area contributed by atoms with Gasteiger partial charge in [-0.2, -0.15) is 0 Å². The minimum Gasteiger partial charge on any atom is -0.339 e. The molecule has 2 fully saturated rings. The molecule has 2 aliphatic rings. The highest BCUT2D eigenvalue weighted by atomic mass is 32.2. The number of carbonyl (C=O) groups excluding carboxylic acids is 1. The number of nitrogens with zero attached hydrogens (tertiary/aromatic N) is 4. The first-order valence-corrected chi connectivity index (χ1v) is 10.5. The number of carbonyl (C=O) groups is 1. The number of halogens is 1. The Morgan fingerprint density at radius 1 is 1.15 bits per heavy atom. The first-order valence-electron chi connectivity index (χ1n) is 9.52. The molecule has 27 heavy (non-hydrogen) atoms. The highest BCUT2D eigenvalue weighted by molar-refractivity contribution is 7.99. The second kappa shape index (κ2) is 7.88. The lowest BCUT2D eigenvalue weighted by Crippen LogP contribution is -2.50. The lowest BCUT2D eigenvalue weighted by molar-refractivity contribution is -0.134. The summed E-state index contributed by atoms with van der Waals surface area (Å²) in [4.78, 5) is 14.9. The van der Waals surface area contributed by atoms with Crippen molar-refractivity contribution in [2.75, 3.05) is 18.1 Å². The fourth-order valence-electron chi connectivity index (χ4n) is 4.31. The Balaban J connectivity index is 1.41. The quantitative estimate of drug-likeness (QED) is 0.642. The zero-order valence-corrected chi connectivity index (χ0v) is 16.0. The normalized spacial score (nSPS) is 22.5. The highest BCUT2D eigenvalue weighted by Crippen LogP contribution is 2.35. The maximum atomic E-state index is 13.1. The molecule has 0 unspecified atom stereocenters. The van der Waals surface area contributed by atoms with Crippen molar-refractivity contribution >= 4 is 17.7 Å². The predicted molar refractivity (Wildman–Crippen MR) is 103 cm³/mol. The number of nitrogens with two attached hydrogens (primary N) is 1. The van der Waals surface area contributed by atoms with Crippen molar-refractivity contribution in [2.24, 2.45) is 5.92 Å². The van der Waals surface area contributed by atoms with Gasteiger partial charge in [-0.05, 0) is 55.9 Å². The fraction of sp³-hybridized carbons (Fsp3) is 0.526. The molecule has 0 spiro atoms. The molecule has 2 N–H and O–H groups in total. The zero-order chi connectivity index (χ0) is 18.8. The maximum absolute atomic E-state index is 13.1. The third kappa shape index (κ3) is 3.81. The number of aromatic nitrogens is 3. The second-order valence-electron chi connectivity index (χ2n) is 7.31. The number of hydrogen-bond donors (Lipinski definition) is 1. The van der Waals surface area contributed by atoms with Crippen molar-refractivity contribution in [3.63, 3.8) is 0 Å². The Labute approximate surface area is 162 Å². The number of fused-ring (bicyclic) bond motifs is 1. The molecular weight excluding hydrogens is 365 g/mol. The van der Waals surface area contributed by atoms with Gasteiger partial charge in [0.05, 0.1) is 5.75 Å². The van der Waals surface area contributed by atoms with Gasteiger partial charge in [-0.15, -0.1) is 10.2 Å². The first-order chi connectivity index (χ1) is 13.1. The van der Waals surface area contributed by atoms with Crippen LogP contribution < -0.4 is 5.84 Å². The first kappa shape index (κ1) is 18.3. The molecule has 1 aromatic carbocycles. The van der Waals surface area contributed by atoms with Crippen LogP contribution in [0.3, 0.4) is 0 Å². The standard InChI is InChI=1S/C19H24FN5OS/c20-15-9-7-14(8-10-15)18-22-23-19(25(18)21)27-12-17(26)24-11-3-5-13-4-1-2-6-16(13)24/h7-10,13,16H,1-6,11-12,21H2/t13-,16-/m0/s1. The molecule has 8 heteroatoms. The Kier molecular flexibility index (Phi) is 5.33. The molecule has 2 aromatic rings. The Bertz CT molecular complexity index is 807. The van der Waals surface area contributed by atoms with Gasteiger partial charge in [0.15, 0.2) is 5.82 Å². The molecule has 144 valence electrons. The Morgan fingerprint density at radius 3 is 2.70 bits per heavy atom. The molecule has 1 aliphatic carbocycles. The number of amides is 1. The van der Waals surface area contributed by atoms with Crippen LogP contribution in [0.2, 0.25) is 0 Å². The number of piperidine rings is 1. The molecule has 1 aromatic heterocycles. The van der Waals surface area contributed by atoms with E-state index in [9.17, 15) is 9.18 Å². The van der Waals surface area contributed by atoms with Gasteiger partial charge in [0.25, 0.3) is 0 Å². The molecule has 0 bridgehead atoms. The lowest BCUT2D eigenvalue weighted by atomic mass is 9.78. The summed E-state index contributed by atoms with van der Waals surface area (Å²) >= 11 is 1.31. The van der Waals surface area contributed by atoms with Crippen LogP contribution >= 0.6 is 11.8 Å². The molecule has 1 aliphatic heterocycles. The largest absolute Gasteiger partial charge is 0.339 e. The average molecular weight is 390 g/mol. The summed E-state index contributed by atoms with van der Waals surface area (Å²) in [5.74, 6) is 7.37. The third-order valence-corrected chi connectivity index (χ3v) is 6.58. The van der Waals surface area contributed by atoms with E-state index >= 15 is 0 Å². The van der Waals surface area contributed by atoms with E-state index in [4.69, 9.17) is 5.84 Å². The van der Waals surface area contributed by atoms with Crippen molar-refractivity contribution in [2.45, 2.75) is 49.7 Å². The van der Waals surface area contributed by atoms with Crippen LogP contribution in [-0.2, 0) is 4.79 Å². The van der Waals surface area contributed by atoms with Gasteiger partial charge < -0.3 is 10.7 Å². The average Bonchev–Trinajstić information content (AvgIpc) is 3.07. The lowest BCUT2D eigenvalue weighted by Gasteiger charge is -2.44. The Hall–Kier alpha value is -2.09. The molecule has 2 heterocycles. The van der Waals surface area contributed by atoms with Gasteiger partial charge in [0, 0.05) is 18.2 Å². The predicted octanol–water partition coefficient (Wildman–Crippen LogP) is 3.07. The summed E-state index contributed by atoms with van der Waals surface area (Å²) in [5.41, 5.74) is 0.686. The van der Waals surface area contributed by atoms with Gasteiger partial charge in [-0.25, -0.2) is 9.07 Å². The van der Waals surface area contributed by atoms with E-state index in [1.807, 2.05) is 0 Å². The van der Waals surface area contributed by atoms with Crippen LogP contribution in [0.1, 0.15) is 38.5 Å².